The average Bonchev–Trinajstić information content (AvgIpc) is 2.73. The first-order valence-electron chi connectivity index (χ1n) is 11.7. The zero-order valence-electron chi connectivity index (χ0n) is 19.1. The molecule has 0 spiro atoms. The molecule has 0 aromatic rings. The fourth-order valence-electron chi connectivity index (χ4n) is 2.98. The predicted molar refractivity (Wildman–Crippen MR) is 125 cm³/mol. The van der Waals surface area contributed by atoms with E-state index in [0.717, 1.165) is 38.5 Å². The topological polar surface area (TPSA) is 104 Å². The van der Waals surface area contributed by atoms with Gasteiger partial charge in [0.05, 0.1) is 0 Å². The summed E-state index contributed by atoms with van der Waals surface area (Å²) in [4.78, 5) is 33.4. The Balaban J connectivity index is 3.64. The number of carbonyl (C=O) groups is 3. The van der Waals surface area contributed by atoms with Gasteiger partial charge in [0.1, 0.15) is 6.04 Å². The number of carboxylic acids is 2. The van der Waals surface area contributed by atoms with E-state index in [0.29, 0.717) is 6.42 Å². The first-order chi connectivity index (χ1) is 15.0. The van der Waals surface area contributed by atoms with Crippen LogP contribution in [-0.4, -0.2) is 34.1 Å². The van der Waals surface area contributed by atoms with Crippen LogP contribution in [0.25, 0.3) is 0 Å². The normalized spacial score (nSPS) is 12.7. The zero-order chi connectivity index (χ0) is 23.2. The molecule has 0 rings (SSSR count). The maximum atomic E-state index is 11.8. The standard InChI is InChI=1S/C25H41NO5/c1-2-3-4-5-6-7-8-9-10-11-12-13-14-15-16-17-18-19-23(27)26-22(25(30)31)20-21-24(28)29/h6-7,9-10,12-13,22H,2-5,8,11,14-21H2,1H3,(H,26,27)(H,28,29)(H,30,31)/b7-6-,10-9-,13-12-/t22-/m0/s1. The van der Waals surface area contributed by atoms with Crippen molar-refractivity contribution in [1.29, 1.82) is 0 Å². The number of rotatable bonds is 20. The highest BCUT2D eigenvalue weighted by Crippen LogP contribution is 2.07. The highest BCUT2D eigenvalue weighted by atomic mass is 16.4. The number of aliphatic carboxylic acids is 2. The molecular formula is C25H41NO5. The van der Waals surface area contributed by atoms with Crippen LogP contribution in [0, 0.1) is 0 Å². The number of amides is 1. The Kier molecular flexibility index (Phi) is 19.3. The molecule has 0 heterocycles. The highest BCUT2D eigenvalue weighted by molar-refractivity contribution is 5.83. The van der Waals surface area contributed by atoms with Gasteiger partial charge in [-0.3, -0.25) is 9.59 Å². The largest absolute Gasteiger partial charge is 0.481 e. The Labute approximate surface area is 187 Å². The van der Waals surface area contributed by atoms with Crippen molar-refractivity contribution in [3.05, 3.63) is 36.5 Å². The summed E-state index contributed by atoms with van der Waals surface area (Å²) >= 11 is 0. The molecule has 0 aliphatic rings. The summed E-state index contributed by atoms with van der Waals surface area (Å²) in [5.74, 6) is -2.61. The van der Waals surface area contributed by atoms with Crippen LogP contribution in [0.2, 0.25) is 0 Å². The minimum atomic E-state index is -1.20. The first kappa shape index (κ1) is 28.6. The van der Waals surface area contributed by atoms with Crippen LogP contribution in [0.1, 0.15) is 96.8 Å². The van der Waals surface area contributed by atoms with Gasteiger partial charge >= 0.3 is 11.9 Å². The van der Waals surface area contributed by atoms with Gasteiger partial charge in [0.15, 0.2) is 0 Å². The maximum Gasteiger partial charge on any atom is 0.326 e. The lowest BCUT2D eigenvalue weighted by Gasteiger charge is -2.13. The Bertz CT molecular complexity index is 580. The quantitative estimate of drug-likeness (QED) is 0.166. The molecule has 0 unspecified atom stereocenters. The lowest BCUT2D eigenvalue weighted by atomic mass is 10.1. The van der Waals surface area contributed by atoms with Crippen LogP contribution in [0.15, 0.2) is 36.5 Å². The second-order valence-corrected chi connectivity index (χ2v) is 7.73. The van der Waals surface area contributed by atoms with Crippen molar-refractivity contribution >= 4 is 17.8 Å². The number of nitrogens with one attached hydrogen (secondary N) is 1. The molecule has 0 radical (unpaired) electrons. The molecule has 0 aromatic heterocycles. The van der Waals surface area contributed by atoms with Crippen LogP contribution < -0.4 is 5.32 Å². The van der Waals surface area contributed by atoms with Crippen molar-refractivity contribution in [1.82, 2.24) is 5.32 Å². The van der Waals surface area contributed by atoms with Crippen molar-refractivity contribution in [3.8, 4) is 0 Å². The van der Waals surface area contributed by atoms with Crippen LogP contribution in [-0.2, 0) is 14.4 Å². The van der Waals surface area contributed by atoms with Crippen molar-refractivity contribution < 1.29 is 24.6 Å². The van der Waals surface area contributed by atoms with E-state index in [1.54, 1.807) is 0 Å². The number of carbonyl (C=O) groups excluding carboxylic acids is 1. The number of allylic oxidation sites excluding steroid dienone is 6. The Morgan fingerprint density at radius 2 is 1.29 bits per heavy atom. The van der Waals surface area contributed by atoms with E-state index in [4.69, 9.17) is 10.2 Å². The van der Waals surface area contributed by atoms with Crippen molar-refractivity contribution in [2.75, 3.05) is 0 Å². The molecule has 1 amide bonds. The van der Waals surface area contributed by atoms with Crippen LogP contribution >= 0.6 is 0 Å². The van der Waals surface area contributed by atoms with Gasteiger partial charge < -0.3 is 15.5 Å². The second kappa shape index (κ2) is 20.9. The third kappa shape index (κ3) is 20.7. The van der Waals surface area contributed by atoms with E-state index >= 15 is 0 Å². The number of hydrogen-bond donors (Lipinski definition) is 3. The van der Waals surface area contributed by atoms with Crippen molar-refractivity contribution in [3.63, 3.8) is 0 Å². The summed E-state index contributed by atoms with van der Waals surface area (Å²) in [6, 6.07) is -1.13. The van der Waals surface area contributed by atoms with E-state index in [9.17, 15) is 14.4 Å². The monoisotopic (exact) mass is 435 g/mol. The maximum absolute atomic E-state index is 11.8. The molecule has 0 saturated carbocycles. The molecule has 6 nitrogen and oxygen atoms in total. The highest BCUT2D eigenvalue weighted by Gasteiger charge is 2.20. The Hall–Kier alpha value is -2.37. The average molecular weight is 436 g/mol. The summed E-state index contributed by atoms with van der Waals surface area (Å²) in [6.45, 7) is 2.22. The number of unbranched alkanes of at least 4 members (excludes halogenated alkanes) is 7. The van der Waals surface area contributed by atoms with Gasteiger partial charge in [-0.25, -0.2) is 4.79 Å². The Morgan fingerprint density at radius 3 is 1.84 bits per heavy atom. The van der Waals surface area contributed by atoms with Gasteiger partial charge in [0.25, 0.3) is 0 Å². The molecule has 0 aliphatic heterocycles. The number of hydrogen-bond acceptors (Lipinski definition) is 3. The molecule has 0 saturated heterocycles. The summed E-state index contributed by atoms with van der Waals surface area (Å²) in [5.41, 5.74) is 0. The summed E-state index contributed by atoms with van der Waals surface area (Å²) in [7, 11) is 0. The van der Waals surface area contributed by atoms with Gasteiger partial charge in [-0.2, -0.15) is 0 Å². The van der Waals surface area contributed by atoms with Gasteiger partial charge in [0, 0.05) is 12.8 Å². The minimum Gasteiger partial charge on any atom is -0.481 e. The van der Waals surface area contributed by atoms with E-state index in [2.05, 4.69) is 48.7 Å². The molecule has 6 heteroatoms. The van der Waals surface area contributed by atoms with E-state index < -0.39 is 18.0 Å². The predicted octanol–water partition coefficient (Wildman–Crippen LogP) is 5.79. The van der Waals surface area contributed by atoms with Gasteiger partial charge in [0.2, 0.25) is 5.91 Å². The molecular weight excluding hydrogens is 394 g/mol. The number of carboxylic acid groups (broad SMARTS) is 2. The van der Waals surface area contributed by atoms with Crippen LogP contribution in [0.3, 0.4) is 0 Å². The molecule has 0 aliphatic carbocycles. The van der Waals surface area contributed by atoms with Gasteiger partial charge in [-0.15, -0.1) is 0 Å². The molecule has 1 atom stereocenters. The smallest absolute Gasteiger partial charge is 0.326 e. The third-order valence-corrected chi connectivity index (χ3v) is 4.82. The first-order valence-corrected chi connectivity index (χ1v) is 11.7. The molecule has 31 heavy (non-hydrogen) atoms. The van der Waals surface area contributed by atoms with Gasteiger partial charge in [-0.05, 0) is 51.4 Å². The molecule has 3 N–H and O–H groups in total. The van der Waals surface area contributed by atoms with Gasteiger partial charge in [-0.1, -0.05) is 69.1 Å². The minimum absolute atomic E-state index is 0.103. The van der Waals surface area contributed by atoms with E-state index in [-0.39, 0.29) is 25.2 Å². The summed E-state index contributed by atoms with van der Waals surface area (Å²) < 4.78 is 0. The molecule has 0 aromatic carbocycles. The SMILES string of the molecule is CCCCC/C=C\C/C=C\C/C=C\CCCCCCC(=O)N[C@@H](CCC(=O)O)C(=O)O. The molecule has 0 fully saturated rings. The molecule has 176 valence electrons. The van der Waals surface area contributed by atoms with Crippen molar-refractivity contribution in [2.45, 2.75) is 103 Å². The summed E-state index contributed by atoms with van der Waals surface area (Å²) in [5, 5.41) is 20.1. The third-order valence-electron chi connectivity index (χ3n) is 4.82. The zero-order valence-corrected chi connectivity index (χ0v) is 19.1. The van der Waals surface area contributed by atoms with E-state index in [1.165, 1.54) is 25.7 Å². The fourth-order valence-corrected chi connectivity index (χ4v) is 2.98. The molecule has 0 bridgehead atoms. The Morgan fingerprint density at radius 1 is 0.742 bits per heavy atom. The lowest BCUT2D eigenvalue weighted by Crippen LogP contribution is -2.41. The fraction of sp³-hybridized carbons (Fsp3) is 0.640. The van der Waals surface area contributed by atoms with Crippen molar-refractivity contribution in [2.24, 2.45) is 0 Å². The second-order valence-electron chi connectivity index (χ2n) is 7.73. The van der Waals surface area contributed by atoms with E-state index in [1.807, 2.05) is 0 Å². The van der Waals surface area contributed by atoms with Crippen LogP contribution in [0.4, 0.5) is 0 Å². The van der Waals surface area contributed by atoms with Crippen LogP contribution in [0.5, 0.6) is 0 Å². The lowest BCUT2D eigenvalue weighted by molar-refractivity contribution is -0.143. The summed E-state index contributed by atoms with van der Waals surface area (Å²) in [6.07, 6.45) is 24.9.